The highest BCUT2D eigenvalue weighted by molar-refractivity contribution is 6.30. The average Bonchev–Trinajstić information content (AvgIpc) is 3.15. The van der Waals surface area contributed by atoms with Crippen LogP contribution < -0.4 is 5.32 Å². The number of hydrogen-bond acceptors (Lipinski definition) is 3. The molecule has 0 radical (unpaired) electrons. The minimum absolute atomic E-state index is 0.0460. The van der Waals surface area contributed by atoms with Gasteiger partial charge >= 0.3 is 12.4 Å². The Kier molecular flexibility index (Phi) is 5.57. The monoisotopic (exact) mass is 484 g/mol. The first-order valence-corrected chi connectivity index (χ1v) is 9.55. The maximum atomic E-state index is 13.0. The normalized spacial score (nSPS) is 12.2. The van der Waals surface area contributed by atoms with Gasteiger partial charge in [0, 0.05) is 21.8 Å². The predicted molar refractivity (Wildman–Crippen MR) is 109 cm³/mol. The van der Waals surface area contributed by atoms with Crippen LogP contribution >= 0.6 is 11.6 Å². The smallest absolute Gasteiger partial charge is 0.416 e. The van der Waals surface area contributed by atoms with Crippen molar-refractivity contribution in [1.29, 1.82) is 0 Å². The fraction of sp³-hybridized carbons (Fsp3) is 0.0909. The van der Waals surface area contributed by atoms with Gasteiger partial charge in [0.15, 0.2) is 5.58 Å². The van der Waals surface area contributed by atoms with E-state index in [0.29, 0.717) is 33.8 Å². The summed E-state index contributed by atoms with van der Waals surface area (Å²) < 4.78 is 83.9. The summed E-state index contributed by atoms with van der Waals surface area (Å²) in [7, 11) is 0. The van der Waals surface area contributed by atoms with Gasteiger partial charge in [0.05, 0.1) is 11.1 Å². The Hall–Kier alpha value is -3.53. The first kappa shape index (κ1) is 22.7. The van der Waals surface area contributed by atoms with Crippen LogP contribution in [-0.2, 0) is 12.4 Å². The molecule has 0 fully saturated rings. The van der Waals surface area contributed by atoms with Crippen LogP contribution in [0.3, 0.4) is 0 Å². The number of rotatable bonds is 3. The molecule has 1 heterocycles. The molecule has 1 aromatic heterocycles. The van der Waals surface area contributed by atoms with Crippen molar-refractivity contribution in [3.8, 4) is 11.5 Å². The first-order chi connectivity index (χ1) is 15.4. The van der Waals surface area contributed by atoms with Gasteiger partial charge in [-0.2, -0.15) is 26.3 Å². The predicted octanol–water partition coefficient (Wildman–Crippen LogP) is 7.44. The SMILES string of the molecule is O=C(Nc1ccc2oc(-c3cccc(Cl)c3)nc2c1)c1cc(C(F)(F)F)cc(C(F)(F)F)c1. The largest absolute Gasteiger partial charge is 0.436 e. The number of aromatic nitrogens is 1. The second kappa shape index (κ2) is 8.11. The van der Waals surface area contributed by atoms with Gasteiger partial charge in [0.2, 0.25) is 5.89 Å². The molecule has 0 atom stereocenters. The fourth-order valence-corrected chi connectivity index (χ4v) is 3.23. The molecule has 4 nitrogen and oxygen atoms in total. The number of anilines is 1. The number of halogens is 7. The van der Waals surface area contributed by atoms with Crippen LogP contribution in [0.2, 0.25) is 5.02 Å². The third-order valence-corrected chi connectivity index (χ3v) is 4.80. The lowest BCUT2D eigenvalue weighted by Gasteiger charge is -2.14. The highest BCUT2D eigenvalue weighted by Crippen LogP contribution is 2.36. The lowest BCUT2D eigenvalue weighted by Crippen LogP contribution is -2.17. The van der Waals surface area contributed by atoms with Crippen LogP contribution in [0.4, 0.5) is 32.0 Å². The Bertz CT molecular complexity index is 1330. The van der Waals surface area contributed by atoms with Crippen molar-refractivity contribution >= 4 is 34.3 Å². The molecule has 170 valence electrons. The quantitative estimate of drug-likeness (QED) is 0.307. The van der Waals surface area contributed by atoms with E-state index < -0.39 is 35.0 Å². The molecule has 4 aromatic rings. The highest BCUT2D eigenvalue weighted by atomic mass is 35.5. The molecule has 4 rings (SSSR count). The number of oxazole rings is 1. The summed E-state index contributed by atoms with van der Waals surface area (Å²) in [5, 5.41) is 2.75. The van der Waals surface area contributed by atoms with E-state index in [2.05, 4.69) is 10.3 Å². The van der Waals surface area contributed by atoms with Crippen LogP contribution in [0.25, 0.3) is 22.6 Å². The van der Waals surface area contributed by atoms with Crippen molar-refractivity contribution in [3.05, 3.63) is 82.4 Å². The Morgan fingerprint density at radius 1 is 0.879 bits per heavy atom. The molecule has 1 N–H and O–H groups in total. The molecule has 3 aromatic carbocycles. The molecule has 0 saturated heterocycles. The Morgan fingerprint density at radius 2 is 1.55 bits per heavy atom. The summed E-state index contributed by atoms with van der Waals surface area (Å²) >= 11 is 5.95. The molecular formula is C22H11ClF6N2O2. The zero-order valence-corrected chi connectivity index (χ0v) is 16.9. The number of amides is 1. The van der Waals surface area contributed by atoms with E-state index in [1.54, 1.807) is 24.3 Å². The Balaban J connectivity index is 1.65. The number of carbonyl (C=O) groups excluding carboxylic acids is 1. The van der Waals surface area contributed by atoms with Gasteiger partial charge in [-0.3, -0.25) is 4.79 Å². The Labute approximate surface area is 186 Å². The summed E-state index contributed by atoms with van der Waals surface area (Å²) in [6.45, 7) is 0. The number of hydrogen-bond donors (Lipinski definition) is 1. The Morgan fingerprint density at radius 3 is 2.15 bits per heavy atom. The molecule has 0 spiro atoms. The highest BCUT2D eigenvalue weighted by Gasteiger charge is 2.37. The molecular weight excluding hydrogens is 474 g/mol. The molecule has 0 bridgehead atoms. The van der Waals surface area contributed by atoms with Crippen LogP contribution in [-0.4, -0.2) is 10.9 Å². The first-order valence-electron chi connectivity index (χ1n) is 9.17. The maximum absolute atomic E-state index is 13.0. The van der Waals surface area contributed by atoms with Crippen molar-refractivity contribution in [1.82, 2.24) is 4.98 Å². The number of benzene rings is 3. The standard InChI is InChI=1S/C22H11ClF6N2O2/c23-15-3-1-2-11(8-15)20-31-17-10-16(4-5-18(17)33-20)30-19(32)12-6-13(21(24,25)26)9-14(7-12)22(27,28)29/h1-10H,(H,30,32). The average molecular weight is 485 g/mol. The fourth-order valence-electron chi connectivity index (χ4n) is 3.04. The van der Waals surface area contributed by atoms with E-state index in [1.165, 1.54) is 18.2 Å². The summed E-state index contributed by atoms with van der Waals surface area (Å²) in [6, 6.07) is 11.6. The molecule has 11 heteroatoms. The minimum Gasteiger partial charge on any atom is -0.436 e. The minimum atomic E-state index is -5.06. The number of fused-ring (bicyclic) bond motifs is 1. The van der Waals surface area contributed by atoms with Gasteiger partial charge in [0.1, 0.15) is 5.52 Å². The summed E-state index contributed by atoms with van der Waals surface area (Å²) in [6.07, 6.45) is -10.1. The number of nitrogens with zero attached hydrogens (tertiary/aromatic N) is 1. The molecule has 0 aliphatic heterocycles. The maximum Gasteiger partial charge on any atom is 0.416 e. The lowest BCUT2D eigenvalue weighted by atomic mass is 10.0. The molecule has 0 aliphatic carbocycles. The van der Waals surface area contributed by atoms with Crippen LogP contribution in [0.15, 0.2) is 65.1 Å². The zero-order chi connectivity index (χ0) is 24.0. The summed E-state index contributed by atoms with van der Waals surface area (Å²) in [5.74, 6) is -0.909. The van der Waals surface area contributed by atoms with Gasteiger partial charge in [-0.25, -0.2) is 4.98 Å². The molecule has 0 aliphatic rings. The van der Waals surface area contributed by atoms with Crippen molar-refractivity contribution in [2.75, 3.05) is 5.32 Å². The van der Waals surface area contributed by atoms with Crippen molar-refractivity contribution in [2.24, 2.45) is 0 Å². The zero-order valence-electron chi connectivity index (χ0n) is 16.2. The lowest BCUT2D eigenvalue weighted by molar-refractivity contribution is -0.143. The van der Waals surface area contributed by atoms with E-state index in [1.807, 2.05) is 0 Å². The summed E-state index contributed by atoms with van der Waals surface area (Å²) in [5.41, 5.74) is -2.61. The van der Waals surface area contributed by atoms with Crippen molar-refractivity contribution < 1.29 is 35.6 Å². The molecule has 33 heavy (non-hydrogen) atoms. The van der Waals surface area contributed by atoms with Crippen molar-refractivity contribution in [2.45, 2.75) is 12.4 Å². The van der Waals surface area contributed by atoms with Gasteiger partial charge in [0.25, 0.3) is 5.91 Å². The molecule has 1 amide bonds. The third kappa shape index (κ3) is 4.95. The van der Waals surface area contributed by atoms with Crippen molar-refractivity contribution in [3.63, 3.8) is 0 Å². The van der Waals surface area contributed by atoms with E-state index in [0.717, 1.165) is 0 Å². The number of nitrogens with one attached hydrogen (secondary N) is 1. The van der Waals surface area contributed by atoms with Crippen LogP contribution in [0.5, 0.6) is 0 Å². The van der Waals surface area contributed by atoms with Gasteiger partial charge in [-0.05, 0) is 54.6 Å². The number of carbonyl (C=O) groups is 1. The second-order valence-corrected chi connectivity index (χ2v) is 7.40. The van der Waals surface area contributed by atoms with E-state index in [-0.39, 0.29) is 17.6 Å². The van der Waals surface area contributed by atoms with Gasteiger partial charge < -0.3 is 9.73 Å². The molecule has 0 unspecified atom stereocenters. The van der Waals surface area contributed by atoms with Crippen LogP contribution in [0, 0.1) is 0 Å². The van der Waals surface area contributed by atoms with Gasteiger partial charge in [-0.1, -0.05) is 17.7 Å². The third-order valence-electron chi connectivity index (χ3n) is 4.57. The van der Waals surface area contributed by atoms with E-state index in [4.69, 9.17) is 16.0 Å². The van der Waals surface area contributed by atoms with Crippen LogP contribution in [0.1, 0.15) is 21.5 Å². The molecule has 0 saturated carbocycles. The van der Waals surface area contributed by atoms with E-state index >= 15 is 0 Å². The number of alkyl halides is 6. The second-order valence-electron chi connectivity index (χ2n) is 6.96. The summed E-state index contributed by atoms with van der Waals surface area (Å²) in [4.78, 5) is 16.8. The van der Waals surface area contributed by atoms with E-state index in [9.17, 15) is 31.1 Å². The van der Waals surface area contributed by atoms with Gasteiger partial charge in [-0.15, -0.1) is 0 Å². The topological polar surface area (TPSA) is 55.1 Å².